The van der Waals surface area contributed by atoms with Crippen LogP contribution < -0.4 is 10.6 Å². The van der Waals surface area contributed by atoms with Crippen LogP contribution in [0, 0.1) is 5.92 Å². The van der Waals surface area contributed by atoms with E-state index in [2.05, 4.69) is 23.7 Å². The third-order valence-corrected chi connectivity index (χ3v) is 3.80. The van der Waals surface area contributed by atoms with E-state index in [1.807, 2.05) is 0 Å². The zero-order valence-corrected chi connectivity index (χ0v) is 12.9. The summed E-state index contributed by atoms with van der Waals surface area (Å²) in [6.45, 7) is 6.66. The van der Waals surface area contributed by atoms with Crippen molar-refractivity contribution >= 4 is 11.7 Å². The van der Waals surface area contributed by atoms with Gasteiger partial charge in [-0.3, -0.25) is 4.79 Å². The first-order chi connectivity index (χ1) is 10.1. The molecule has 0 saturated carbocycles. The van der Waals surface area contributed by atoms with E-state index in [4.69, 9.17) is 10.5 Å². The molecule has 2 N–H and O–H groups in total. The number of ether oxygens (including phenoxy) is 1. The highest BCUT2D eigenvalue weighted by Crippen LogP contribution is 2.21. The van der Waals surface area contributed by atoms with Crippen LogP contribution in [0.15, 0.2) is 18.3 Å². The highest BCUT2D eigenvalue weighted by Gasteiger charge is 2.24. The Morgan fingerprint density at radius 3 is 3.10 bits per heavy atom. The summed E-state index contributed by atoms with van der Waals surface area (Å²) in [5.74, 6) is 0.977. The van der Waals surface area contributed by atoms with Crippen LogP contribution in [-0.4, -0.2) is 36.7 Å². The molecule has 2 rings (SSSR count). The van der Waals surface area contributed by atoms with Crippen LogP contribution in [0.2, 0.25) is 0 Å². The fourth-order valence-electron chi connectivity index (χ4n) is 2.68. The average Bonchev–Trinajstić information content (AvgIpc) is 2.47. The van der Waals surface area contributed by atoms with E-state index < -0.39 is 5.91 Å². The summed E-state index contributed by atoms with van der Waals surface area (Å²) in [4.78, 5) is 18.0. The topological polar surface area (TPSA) is 68.5 Å². The second kappa shape index (κ2) is 7.41. The van der Waals surface area contributed by atoms with Crippen LogP contribution in [0.5, 0.6) is 0 Å². The molecule has 1 amide bonds. The number of aromatic nitrogens is 1. The second-order valence-electron chi connectivity index (χ2n) is 6.00. The van der Waals surface area contributed by atoms with Gasteiger partial charge < -0.3 is 15.4 Å². The van der Waals surface area contributed by atoms with Crippen molar-refractivity contribution in [2.75, 3.05) is 24.6 Å². The van der Waals surface area contributed by atoms with E-state index in [1.165, 1.54) is 12.8 Å². The lowest BCUT2D eigenvalue weighted by atomic mass is 10.0. The maximum Gasteiger partial charge on any atom is 0.252 e. The predicted molar refractivity (Wildman–Crippen MR) is 83.4 cm³/mol. The molecule has 1 aliphatic heterocycles. The summed E-state index contributed by atoms with van der Waals surface area (Å²) in [7, 11) is 0. The molecule has 116 valence electrons. The number of morpholine rings is 1. The molecule has 0 radical (unpaired) electrons. The number of primary amides is 1. The SMILES string of the molecule is CC(C)CCC[C@H]1CN(c2ncccc2C(N)=O)CCO1. The van der Waals surface area contributed by atoms with Crippen molar-refractivity contribution in [2.45, 2.75) is 39.2 Å². The van der Waals surface area contributed by atoms with Gasteiger partial charge in [-0.1, -0.05) is 26.7 Å². The van der Waals surface area contributed by atoms with E-state index in [1.54, 1.807) is 18.3 Å². The van der Waals surface area contributed by atoms with Crippen molar-refractivity contribution in [2.24, 2.45) is 11.7 Å². The number of amides is 1. The minimum atomic E-state index is -0.430. The smallest absolute Gasteiger partial charge is 0.252 e. The lowest BCUT2D eigenvalue weighted by Crippen LogP contribution is -2.43. The molecule has 1 atom stereocenters. The molecule has 1 aromatic rings. The van der Waals surface area contributed by atoms with Crippen molar-refractivity contribution in [3.63, 3.8) is 0 Å². The molecule has 21 heavy (non-hydrogen) atoms. The Hall–Kier alpha value is -1.62. The molecule has 2 heterocycles. The maximum atomic E-state index is 11.5. The molecule has 0 aromatic carbocycles. The Labute approximate surface area is 126 Å². The van der Waals surface area contributed by atoms with Gasteiger partial charge in [-0.25, -0.2) is 4.98 Å². The van der Waals surface area contributed by atoms with Crippen molar-refractivity contribution in [3.8, 4) is 0 Å². The first-order valence-corrected chi connectivity index (χ1v) is 7.69. The maximum absolute atomic E-state index is 11.5. The fourth-order valence-corrected chi connectivity index (χ4v) is 2.68. The minimum Gasteiger partial charge on any atom is -0.375 e. The molecule has 0 aliphatic carbocycles. The molecule has 1 aromatic heterocycles. The van der Waals surface area contributed by atoms with Gasteiger partial charge in [-0.15, -0.1) is 0 Å². The first-order valence-electron chi connectivity index (χ1n) is 7.69. The Morgan fingerprint density at radius 1 is 1.57 bits per heavy atom. The highest BCUT2D eigenvalue weighted by molar-refractivity contribution is 5.97. The number of carbonyl (C=O) groups is 1. The number of pyridine rings is 1. The number of nitrogens with zero attached hydrogens (tertiary/aromatic N) is 2. The van der Waals surface area contributed by atoms with Gasteiger partial charge in [0.1, 0.15) is 5.82 Å². The van der Waals surface area contributed by atoms with Gasteiger partial charge in [0, 0.05) is 19.3 Å². The molecule has 0 bridgehead atoms. The molecular weight excluding hydrogens is 266 g/mol. The standard InChI is InChI=1S/C16H25N3O2/c1-12(2)5-3-6-13-11-19(9-10-21-13)16-14(15(17)20)7-4-8-18-16/h4,7-8,12-13H,3,5-6,9-11H2,1-2H3,(H2,17,20)/t13-/m0/s1. The second-order valence-corrected chi connectivity index (χ2v) is 6.00. The van der Waals surface area contributed by atoms with Crippen molar-refractivity contribution in [1.29, 1.82) is 0 Å². The molecule has 0 spiro atoms. The normalized spacial score (nSPS) is 19.0. The van der Waals surface area contributed by atoms with Crippen molar-refractivity contribution in [1.82, 2.24) is 4.98 Å². The van der Waals surface area contributed by atoms with Gasteiger partial charge in [-0.2, -0.15) is 0 Å². The third-order valence-electron chi connectivity index (χ3n) is 3.80. The molecule has 5 heteroatoms. The summed E-state index contributed by atoms with van der Waals surface area (Å²) in [5, 5.41) is 0. The largest absolute Gasteiger partial charge is 0.375 e. The van der Waals surface area contributed by atoms with E-state index >= 15 is 0 Å². The molecular formula is C16H25N3O2. The van der Waals surface area contributed by atoms with Crippen LogP contribution in [0.1, 0.15) is 43.5 Å². The zero-order chi connectivity index (χ0) is 15.2. The van der Waals surface area contributed by atoms with Gasteiger partial charge >= 0.3 is 0 Å². The number of rotatable bonds is 6. The Balaban J connectivity index is 1.99. The Kier molecular flexibility index (Phi) is 5.56. The monoisotopic (exact) mass is 291 g/mol. The predicted octanol–water partition coefficient (Wildman–Crippen LogP) is 2.21. The van der Waals surface area contributed by atoms with Crippen LogP contribution in [-0.2, 0) is 4.74 Å². The first kappa shape index (κ1) is 15.8. The van der Waals surface area contributed by atoms with E-state index in [0.717, 1.165) is 25.4 Å². The molecule has 1 saturated heterocycles. The van der Waals surface area contributed by atoms with Gasteiger partial charge in [0.25, 0.3) is 5.91 Å². The van der Waals surface area contributed by atoms with Gasteiger partial charge in [-0.05, 0) is 24.5 Å². The van der Waals surface area contributed by atoms with Crippen LogP contribution >= 0.6 is 0 Å². The van der Waals surface area contributed by atoms with E-state index in [9.17, 15) is 4.79 Å². The van der Waals surface area contributed by atoms with Crippen molar-refractivity contribution in [3.05, 3.63) is 23.9 Å². The van der Waals surface area contributed by atoms with Crippen LogP contribution in [0.4, 0.5) is 5.82 Å². The van der Waals surface area contributed by atoms with Gasteiger partial charge in [0.15, 0.2) is 0 Å². The van der Waals surface area contributed by atoms with Crippen LogP contribution in [0.3, 0.4) is 0 Å². The fraction of sp³-hybridized carbons (Fsp3) is 0.625. The summed E-state index contributed by atoms with van der Waals surface area (Å²) in [6.07, 6.45) is 5.34. The Bertz CT molecular complexity index is 476. The number of anilines is 1. The Morgan fingerprint density at radius 2 is 2.38 bits per heavy atom. The van der Waals surface area contributed by atoms with E-state index in [0.29, 0.717) is 18.0 Å². The number of hydrogen-bond donors (Lipinski definition) is 1. The highest BCUT2D eigenvalue weighted by atomic mass is 16.5. The van der Waals surface area contributed by atoms with Gasteiger partial charge in [0.2, 0.25) is 0 Å². The summed E-state index contributed by atoms with van der Waals surface area (Å²) in [6, 6.07) is 3.47. The van der Waals surface area contributed by atoms with Gasteiger partial charge in [0.05, 0.1) is 18.3 Å². The lowest BCUT2D eigenvalue weighted by Gasteiger charge is -2.34. The molecule has 5 nitrogen and oxygen atoms in total. The number of nitrogens with two attached hydrogens (primary N) is 1. The third kappa shape index (κ3) is 4.43. The minimum absolute atomic E-state index is 0.209. The van der Waals surface area contributed by atoms with Crippen LogP contribution in [0.25, 0.3) is 0 Å². The van der Waals surface area contributed by atoms with E-state index in [-0.39, 0.29) is 6.10 Å². The average molecular weight is 291 g/mol. The summed E-state index contributed by atoms with van der Waals surface area (Å²) < 4.78 is 5.83. The number of carbonyl (C=O) groups excluding carboxylic acids is 1. The molecule has 1 aliphatic rings. The summed E-state index contributed by atoms with van der Waals surface area (Å²) in [5.41, 5.74) is 5.92. The summed E-state index contributed by atoms with van der Waals surface area (Å²) >= 11 is 0. The number of hydrogen-bond acceptors (Lipinski definition) is 4. The molecule has 1 fully saturated rings. The lowest BCUT2D eigenvalue weighted by molar-refractivity contribution is 0.0328. The van der Waals surface area contributed by atoms with Crippen molar-refractivity contribution < 1.29 is 9.53 Å². The molecule has 0 unspecified atom stereocenters. The quantitative estimate of drug-likeness (QED) is 0.872. The zero-order valence-electron chi connectivity index (χ0n) is 12.9.